The average molecular weight is 528 g/mol. The molecular weight excluding hydrogens is 502 g/mol. The molecule has 198 valence electrons. The third-order valence-electron chi connectivity index (χ3n) is 6.67. The molecule has 38 heavy (non-hydrogen) atoms. The normalized spacial score (nSPS) is 15.1. The standard InChI is InChI=1S/C27H25F4N5O2/c1-16-11-21(28)23(34-26(37)18-3-4-32-22(12-18)17(2)27(29,30)31)14-20(16)19-13-24(35-7-9-38-10-8-35)25-33-5-6-36(25)15-19/h3-6,11-15,17H,7-10H2,1-2H3,(H,34,37). The number of rotatable bonds is 5. The number of nitrogens with one attached hydrogen (secondary N) is 1. The molecule has 0 bridgehead atoms. The molecule has 1 aliphatic heterocycles. The molecule has 1 atom stereocenters. The fourth-order valence-electron chi connectivity index (χ4n) is 4.47. The van der Waals surface area contributed by atoms with E-state index in [1.165, 1.54) is 18.2 Å². The van der Waals surface area contributed by atoms with Gasteiger partial charge in [0.05, 0.1) is 36.2 Å². The number of ether oxygens (including phenoxy) is 1. The molecule has 4 aromatic rings. The van der Waals surface area contributed by atoms with Gasteiger partial charge in [-0.05, 0) is 55.3 Å². The molecular formula is C27H25F4N5O2. The fraction of sp³-hybridized carbons (Fsp3) is 0.296. The number of fused-ring (bicyclic) bond motifs is 1. The molecule has 0 radical (unpaired) electrons. The van der Waals surface area contributed by atoms with E-state index >= 15 is 0 Å². The maximum atomic E-state index is 14.9. The number of anilines is 2. The van der Waals surface area contributed by atoms with Gasteiger partial charge in [-0.2, -0.15) is 13.2 Å². The molecule has 1 saturated heterocycles. The average Bonchev–Trinajstić information content (AvgIpc) is 3.38. The molecule has 1 fully saturated rings. The molecule has 0 spiro atoms. The zero-order chi connectivity index (χ0) is 27.0. The second-order valence-corrected chi connectivity index (χ2v) is 9.21. The Morgan fingerprint density at radius 3 is 2.61 bits per heavy atom. The van der Waals surface area contributed by atoms with Gasteiger partial charge in [-0.25, -0.2) is 9.37 Å². The summed E-state index contributed by atoms with van der Waals surface area (Å²) in [7, 11) is 0. The van der Waals surface area contributed by atoms with Crippen LogP contribution in [0.2, 0.25) is 0 Å². The quantitative estimate of drug-likeness (QED) is 0.342. The van der Waals surface area contributed by atoms with Crippen molar-refractivity contribution >= 4 is 22.9 Å². The van der Waals surface area contributed by atoms with Crippen molar-refractivity contribution in [2.45, 2.75) is 25.9 Å². The van der Waals surface area contributed by atoms with E-state index in [2.05, 4.69) is 20.2 Å². The van der Waals surface area contributed by atoms with Crippen molar-refractivity contribution in [2.75, 3.05) is 36.5 Å². The highest BCUT2D eigenvalue weighted by molar-refractivity contribution is 6.04. The number of imidazole rings is 1. The lowest BCUT2D eigenvalue weighted by Crippen LogP contribution is -2.36. The molecule has 1 aromatic carbocycles. The van der Waals surface area contributed by atoms with E-state index in [-0.39, 0.29) is 16.9 Å². The third kappa shape index (κ3) is 5.06. The molecule has 1 N–H and O–H groups in total. The van der Waals surface area contributed by atoms with Crippen LogP contribution in [0.3, 0.4) is 0 Å². The van der Waals surface area contributed by atoms with E-state index in [0.29, 0.717) is 37.4 Å². The van der Waals surface area contributed by atoms with E-state index in [1.54, 1.807) is 13.1 Å². The number of morpholine rings is 1. The summed E-state index contributed by atoms with van der Waals surface area (Å²) in [5.74, 6) is -3.25. The van der Waals surface area contributed by atoms with Crippen LogP contribution in [0.5, 0.6) is 0 Å². The SMILES string of the molecule is Cc1cc(F)c(NC(=O)c2ccnc(C(C)C(F)(F)F)c2)cc1-c1cc(N2CCOCC2)c2nccn2c1. The number of carbonyl (C=O) groups is 1. The van der Waals surface area contributed by atoms with Gasteiger partial charge in [0, 0.05) is 49.0 Å². The van der Waals surface area contributed by atoms with Crippen LogP contribution in [0.15, 0.2) is 55.1 Å². The Kier molecular flexibility index (Phi) is 6.78. The first-order valence-corrected chi connectivity index (χ1v) is 12.1. The Labute approximate surface area is 216 Å². The predicted octanol–water partition coefficient (Wildman–Crippen LogP) is 5.60. The predicted molar refractivity (Wildman–Crippen MR) is 135 cm³/mol. The van der Waals surface area contributed by atoms with Crippen LogP contribution in [-0.2, 0) is 4.74 Å². The lowest BCUT2D eigenvalue weighted by Gasteiger charge is -2.29. The van der Waals surface area contributed by atoms with Crippen LogP contribution in [0.4, 0.5) is 28.9 Å². The number of alkyl halides is 3. The maximum Gasteiger partial charge on any atom is 0.396 e. The fourth-order valence-corrected chi connectivity index (χ4v) is 4.47. The summed E-state index contributed by atoms with van der Waals surface area (Å²) >= 11 is 0. The zero-order valence-electron chi connectivity index (χ0n) is 20.7. The highest BCUT2D eigenvalue weighted by atomic mass is 19.4. The Morgan fingerprint density at radius 1 is 1.11 bits per heavy atom. The number of aryl methyl sites for hydroxylation is 1. The molecule has 11 heteroatoms. The van der Waals surface area contributed by atoms with Crippen LogP contribution in [-0.4, -0.2) is 52.8 Å². The summed E-state index contributed by atoms with van der Waals surface area (Å²) in [5, 5.41) is 2.51. The van der Waals surface area contributed by atoms with Crippen LogP contribution in [0, 0.1) is 12.7 Å². The minimum atomic E-state index is -4.50. The van der Waals surface area contributed by atoms with Crippen molar-refractivity contribution in [3.63, 3.8) is 0 Å². The van der Waals surface area contributed by atoms with Crippen LogP contribution >= 0.6 is 0 Å². The summed E-state index contributed by atoms with van der Waals surface area (Å²) < 4.78 is 61.7. The van der Waals surface area contributed by atoms with Crippen LogP contribution in [0.25, 0.3) is 16.8 Å². The number of hydrogen-bond donors (Lipinski definition) is 1. The lowest BCUT2D eigenvalue weighted by atomic mass is 10.00. The Bertz CT molecular complexity index is 1490. The van der Waals surface area contributed by atoms with Gasteiger partial charge in [0.15, 0.2) is 5.65 Å². The molecule has 3 aromatic heterocycles. The number of hydrogen-bond acceptors (Lipinski definition) is 5. The number of nitrogens with zero attached hydrogens (tertiary/aromatic N) is 4. The topological polar surface area (TPSA) is 71.8 Å². The van der Waals surface area contributed by atoms with Crippen molar-refractivity contribution in [2.24, 2.45) is 0 Å². The molecule has 0 saturated carbocycles. The molecule has 0 aliphatic carbocycles. The number of benzene rings is 1. The maximum absolute atomic E-state index is 14.9. The Hall–Kier alpha value is -3.99. The van der Waals surface area contributed by atoms with Crippen LogP contribution < -0.4 is 10.2 Å². The van der Waals surface area contributed by atoms with Gasteiger partial charge in [-0.1, -0.05) is 0 Å². The summed E-state index contributed by atoms with van der Waals surface area (Å²) in [5.41, 5.74) is 3.39. The lowest BCUT2D eigenvalue weighted by molar-refractivity contribution is -0.147. The first-order valence-electron chi connectivity index (χ1n) is 12.1. The second kappa shape index (κ2) is 10.1. The third-order valence-corrected chi connectivity index (χ3v) is 6.67. The van der Waals surface area contributed by atoms with E-state index in [9.17, 15) is 22.4 Å². The molecule has 1 aliphatic rings. The Balaban J connectivity index is 1.49. The number of carbonyl (C=O) groups excluding carboxylic acids is 1. The van der Waals surface area contributed by atoms with Gasteiger partial charge in [-0.3, -0.25) is 9.78 Å². The molecule has 7 nitrogen and oxygen atoms in total. The summed E-state index contributed by atoms with van der Waals surface area (Å²) in [6, 6.07) is 7.19. The smallest absolute Gasteiger partial charge is 0.378 e. The van der Waals surface area contributed by atoms with Crippen molar-refractivity contribution in [3.05, 3.63) is 77.8 Å². The van der Waals surface area contributed by atoms with Gasteiger partial charge >= 0.3 is 6.18 Å². The van der Waals surface area contributed by atoms with Gasteiger partial charge in [-0.15, -0.1) is 0 Å². The van der Waals surface area contributed by atoms with Crippen molar-refractivity contribution in [3.8, 4) is 11.1 Å². The first-order chi connectivity index (χ1) is 18.1. The number of amides is 1. The summed E-state index contributed by atoms with van der Waals surface area (Å²) in [6.07, 6.45) is 2.04. The van der Waals surface area contributed by atoms with Crippen molar-refractivity contribution < 1.29 is 27.1 Å². The first kappa shape index (κ1) is 25.7. The van der Waals surface area contributed by atoms with E-state index in [1.807, 2.05) is 22.9 Å². The van der Waals surface area contributed by atoms with Gasteiger partial charge in [0.25, 0.3) is 5.91 Å². The van der Waals surface area contributed by atoms with Gasteiger partial charge < -0.3 is 19.4 Å². The minimum absolute atomic E-state index is 0.0536. The minimum Gasteiger partial charge on any atom is -0.378 e. The van der Waals surface area contributed by atoms with E-state index < -0.39 is 23.8 Å². The van der Waals surface area contributed by atoms with E-state index in [0.717, 1.165) is 36.1 Å². The molecule has 5 rings (SSSR count). The monoisotopic (exact) mass is 527 g/mol. The molecule has 4 heterocycles. The number of halogens is 4. The zero-order valence-corrected chi connectivity index (χ0v) is 20.7. The molecule has 1 unspecified atom stereocenters. The van der Waals surface area contributed by atoms with Gasteiger partial charge in [0.2, 0.25) is 0 Å². The summed E-state index contributed by atoms with van der Waals surface area (Å²) in [6.45, 7) is 5.35. The number of pyridine rings is 2. The van der Waals surface area contributed by atoms with Crippen molar-refractivity contribution in [1.82, 2.24) is 14.4 Å². The van der Waals surface area contributed by atoms with Crippen molar-refractivity contribution in [1.29, 1.82) is 0 Å². The second-order valence-electron chi connectivity index (χ2n) is 9.21. The van der Waals surface area contributed by atoms with Crippen LogP contribution in [0.1, 0.15) is 34.5 Å². The summed E-state index contributed by atoms with van der Waals surface area (Å²) in [4.78, 5) is 23.3. The highest BCUT2D eigenvalue weighted by Gasteiger charge is 2.38. The van der Waals surface area contributed by atoms with Gasteiger partial charge in [0.1, 0.15) is 5.82 Å². The Morgan fingerprint density at radius 2 is 1.87 bits per heavy atom. The number of aromatic nitrogens is 3. The largest absolute Gasteiger partial charge is 0.396 e. The molecule has 1 amide bonds. The highest BCUT2D eigenvalue weighted by Crippen LogP contribution is 2.35. The van der Waals surface area contributed by atoms with E-state index in [4.69, 9.17) is 4.74 Å².